The molecule has 1 fully saturated rings. The Hall–Kier alpha value is -3.01. The highest BCUT2D eigenvalue weighted by Gasteiger charge is 2.27. The number of hydrogen-bond acceptors (Lipinski definition) is 6. The van der Waals surface area contributed by atoms with Crippen molar-refractivity contribution in [2.45, 2.75) is 12.5 Å². The van der Waals surface area contributed by atoms with Crippen LogP contribution in [0.4, 0.5) is 9.18 Å². The Morgan fingerprint density at radius 3 is 2.89 bits per heavy atom. The number of fused-ring (bicyclic) bond motifs is 1. The van der Waals surface area contributed by atoms with Gasteiger partial charge in [0, 0.05) is 19.0 Å². The molecule has 2 aromatic heterocycles. The molecule has 8 nitrogen and oxygen atoms in total. The van der Waals surface area contributed by atoms with Crippen molar-refractivity contribution in [3.63, 3.8) is 0 Å². The predicted octanol–water partition coefficient (Wildman–Crippen LogP) is 3.85. The normalized spacial score (nSPS) is 16.4. The minimum Gasteiger partial charge on any atom is -0.472 e. The number of hydrogen-bond donors (Lipinski definition) is 1. The van der Waals surface area contributed by atoms with Crippen LogP contribution < -0.4 is 9.47 Å². The molecule has 0 saturated carbocycles. The van der Waals surface area contributed by atoms with Crippen LogP contribution in [-0.4, -0.2) is 50.2 Å². The Balaban J connectivity index is 1.59. The summed E-state index contributed by atoms with van der Waals surface area (Å²) in [5.41, 5.74) is 0.936. The molecule has 1 saturated heterocycles. The molecule has 0 spiro atoms. The largest absolute Gasteiger partial charge is 0.472 e. The van der Waals surface area contributed by atoms with Crippen molar-refractivity contribution in [3.8, 4) is 17.5 Å². The van der Waals surface area contributed by atoms with E-state index in [9.17, 15) is 9.18 Å². The van der Waals surface area contributed by atoms with Gasteiger partial charge in [-0.25, -0.2) is 19.2 Å². The number of aromatic nitrogens is 3. The fraction of sp³-hybridized carbons (Fsp3) is 0.222. The second-order valence-electron chi connectivity index (χ2n) is 6.13. The molecular formula is C18H14BrFN4O4. The highest BCUT2D eigenvalue weighted by Crippen LogP contribution is 2.29. The first-order valence-electron chi connectivity index (χ1n) is 8.39. The van der Waals surface area contributed by atoms with E-state index in [1.807, 2.05) is 0 Å². The highest BCUT2D eigenvalue weighted by molar-refractivity contribution is 9.10. The molecule has 1 aliphatic heterocycles. The molecule has 1 aromatic carbocycles. The average Bonchev–Trinajstić information content (AvgIpc) is 3.14. The summed E-state index contributed by atoms with van der Waals surface area (Å²) >= 11 is 3.12. The maximum absolute atomic E-state index is 13.4. The zero-order chi connectivity index (χ0) is 19.7. The monoisotopic (exact) mass is 448 g/mol. The first-order chi connectivity index (χ1) is 13.5. The molecule has 3 aromatic rings. The lowest BCUT2D eigenvalue weighted by Crippen LogP contribution is -2.29. The van der Waals surface area contributed by atoms with Crippen molar-refractivity contribution in [2.75, 3.05) is 13.1 Å². The first-order valence-corrected chi connectivity index (χ1v) is 9.18. The molecule has 0 unspecified atom stereocenters. The summed E-state index contributed by atoms with van der Waals surface area (Å²) in [6.07, 6.45) is 0.694. The minimum atomic E-state index is -0.966. The van der Waals surface area contributed by atoms with Crippen LogP contribution in [-0.2, 0) is 0 Å². The van der Waals surface area contributed by atoms with E-state index in [1.165, 1.54) is 29.4 Å². The number of ether oxygens (including phenoxy) is 2. The third-order valence-electron chi connectivity index (χ3n) is 4.23. The fourth-order valence-electron chi connectivity index (χ4n) is 2.86. The Morgan fingerprint density at radius 2 is 2.14 bits per heavy atom. The Morgan fingerprint density at radius 1 is 1.29 bits per heavy atom. The molecule has 0 aliphatic carbocycles. The maximum atomic E-state index is 13.4. The van der Waals surface area contributed by atoms with Gasteiger partial charge < -0.3 is 19.5 Å². The number of pyridine rings is 1. The van der Waals surface area contributed by atoms with Crippen molar-refractivity contribution < 1.29 is 23.8 Å². The summed E-state index contributed by atoms with van der Waals surface area (Å²) in [6, 6.07) is 7.63. The van der Waals surface area contributed by atoms with Gasteiger partial charge in [0.05, 0.1) is 16.5 Å². The quantitative estimate of drug-likeness (QED) is 0.646. The Bertz CT molecular complexity index is 1050. The number of amides is 1. The van der Waals surface area contributed by atoms with Crippen molar-refractivity contribution in [3.05, 3.63) is 46.9 Å². The Labute approximate surface area is 167 Å². The van der Waals surface area contributed by atoms with Gasteiger partial charge in [0.1, 0.15) is 24.0 Å². The standard InChI is InChI=1S/C18H14BrFN4O4/c19-12-7-10(1-2-13(12)20)28-17-16-14(21-9-22-17)3-4-15(23-16)27-11-5-6-24(8-11)18(25)26/h1-4,7,9,11H,5-6,8H2,(H,25,26)/t11-/m0/s1. The number of halogens is 2. The summed E-state index contributed by atoms with van der Waals surface area (Å²) < 4.78 is 25.3. The van der Waals surface area contributed by atoms with Gasteiger partial charge >= 0.3 is 6.09 Å². The molecule has 144 valence electrons. The van der Waals surface area contributed by atoms with E-state index in [4.69, 9.17) is 14.6 Å². The number of carboxylic acid groups (broad SMARTS) is 1. The fourth-order valence-corrected chi connectivity index (χ4v) is 3.22. The smallest absolute Gasteiger partial charge is 0.407 e. The van der Waals surface area contributed by atoms with Crippen LogP contribution in [0, 0.1) is 5.82 Å². The van der Waals surface area contributed by atoms with Crippen LogP contribution >= 0.6 is 15.9 Å². The highest BCUT2D eigenvalue weighted by atomic mass is 79.9. The van der Waals surface area contributed by atoms with E-state index in [0.29, 0.717) is 35.6 Å². The number of nitrogens with zero attached hydrogens (tertiary/aromatic N) is 4. The van der Waals surface area contributed by atoms with Gasteiger partial charge in [-0.05, 0) is 40.2 Å². The van der Waals surface area contributed by atoms with Gasteiger partial charge in [-0.3, -0.25) is 0 Å². The zero-order valence-electron chi connectivity index (χ0n) is 14.4. The van der Waals surface area contributed by atoms with Gasteiger partial charge in [0.25, 0.3) is 0 Å². The molecule has 1 aliphatic rings. The van der Waals surface area contributed by atoms with E-state index in [1.54, 1.807) is 12.1 Å². The molecule has 1 amide bonds. The molecule has 0 bridgehead atoms. The molecule has 28 heavy (non-hydrogen) atoms. The van der Waals surface area contributed by atoms with Gasteiger partial charge in [-0.15, -0.1) is 0 Å². The number of likely N-dealkylation sites (tertiary alicyclic amines) is 1. The Kier molecular flexibility index (Phi) is 4.95. The topological polar surface area (TPSA) is 97.7 Å². The molecule has 4 rings (SSSR count). The van der Waals surface area contributed by atoms with Crippen molar-refractivity contribution in [1.82, 2.24) is 19.9 Å². The van der Waals surface area contributed by atoms with E-state index >= 15 is 0 Å². The van der Waals surface area contributed by atoms with Gasteiger partial charge in [-0.1, -0.05) is 0 Å². The van der Waals surface area contributed by atoms with Crippen LogP contribution in [0.2, 0.25) is 0 Å². The molecule has 1 N–H and O–H groups in total. The summed E-state index contributed by atoms with van der Waals surface area (Å²) in [6.45, 7) is 0.706. The van der Waals surface area contributed by atoms with Crippen molar-refractivity contribution in [2.24, 2.45) is 0 Å². The van der Waals surface area contributed by atoms with Crippen molar-refractivity contribution >= 4 is 33.1 Å². The van der Waals surface area contributed by atoms with Gasteiger partial charge in [0.15, 0.2) is 5.52 Å². The summed E-state index contributed by atoms with van der Waals surface area (Å²) in [5.74, 6) is 0.507. The van der Waals surface area contributed by atoms with Crippen molar-refractivity contribution in [1.29, 1.82) is 0 Å². The SMILES string of the molecule is O=C(O)N1CC[C@H](Oc2ccc3ncnc(Oc4ccc(F)c(Br)c4)c3n2)C1. The molecule has 0 radical (unpaired) electrons. The molecule has 10 heteroatoms. The lowest BCUT2D eigenvalue weighted by molar-refractivity contribution is 0.144. The van der Waals surface area contributed by atoms with Gasteiger partial charge in [0.2, 0.25) is 11.8 Å². The average molecular weight is 449 g/mol. The summed E-state index contributed by atoms with van der Waals surface area (Å²) in [7, 11) is 0. The molecular weight excluding hydrogens is 435 g/mol. The third kappa shape index (κ3) is 3.81. The van der Waals surface area contributed by atoms with Crippen LogP contribution in [0.5, 0.6) is 17.5 Å². The van der Waals surface area contributed by atoms with Crippen LogP contribution in [0.3, 0.4) is 0 Å². The van der Waals surface area contributed by atoms with Crippen LogP contribution in [0.1, 0.15) is 6.42 Å². The second kappa shape index (κ2) is 7.55. The minimum absolute atomic E-state index is 0.201. The third-order valence-corrected chi connectivity index (χ3v) is 4.84. The molecule has 1 atom stereocenters. The zero-order valence-corrected chi connectivity index (χ0v) is 16.0. The van der Waals surface area contributed by atoms with E-state index in [2.05, 4.69) is 30.9 Å². The number of benzene rings is 1. The number of carbonyl (C=O) groups is 1. The summed E-state index contributed by atoms with van der Waals surface area (Å²) in [5, 5.41) is 9.05. The number of rotatable bonds is 4. The second-order valence-corrected chi connectivity index (χ2v) is 6.99. The van der Waals surface area contributed by atoms with Gasteiger partial charge in [-0.2, -0.15) is 4.98 Å². The van der Waals surface area contributed by atoms with Crippen LogP contribution in [0.25, 0.3) is 11.0 Å². The first kappa shape index (κ1) is 18.4. The predicted molar refractivity (Wildman–Crippen MR) is 100 cm³/mol. The molecule has 3 heterocycles. The van der Waals surface area contributed by atoms with E-state index in [0.717, 1.165) is 0 Å². The maximum Gasteiger partial charge on any atom is 0.407 e. The van der Waals surface area contributed by atoms with E-state index in [-0.39, 0.29) is 23.0 Å². The lowest BCUT2D eigenvalue weighted by Gasteiger charge is -2.14. The lowest BCUT2D eigenvalue weighted by atomic mass is 10.3. The van der Waals surface area contributed by atoms with E-state index < -0.39 is 11.9 Å². The summed E-state index contributed by atoms with van der Waals surface area (Å²) in [4.78, 5) is 25.0. The van der Waals surface area contributed by atoms with Crippen LogP contribution in [0.15, 0.2) is 41.1 Å².